The maximum atomic E-state index is 12.7. The van der Waals surface area contributed by atoms with E-state index in [0.717, 1.165) is 0 Å². The van der Waals surface area contributed by atoms with E-state index in [9.17, 15) is 4.39 Å². The molecule has 6 heteroatoms. The molecule has 0 fully saturated rings. The zero-order valence-electron chi connectivity index (χ0n) is 5.87. The van der Waals surface area contributed by atoms with E-state index >= 15 is 0 Å². The fourth-order valence-corrected chi connectivity index (χ4v) is 0.720. The molecule has 4 radical (unpaired) electrons. The van der Waals surface area contributed by atoms with Gasteiger partial charge in [-0.25, -0.2) is 4.39 Å². The van der Waals surface area contributed by atoms with E-state index in [0.29, 0.717) is 0 Å². The standard InChI is InChI=1S/C6H3B2FO3/c7-1-3(9)6(12)5(11)2(8)4(1)10/h10-12H. The molecule has 58 valence electrons. The zero-order valence-corrected chi connectivity index (χ0v) is 5.87. The van der Waals surface area contributed by atoms with E-state index in [4.69, 9.17) is 31.0 Å². The summed E-state index contributed by atoms with van der Waals surface area (Å²) in [6.07, 6.45) is 0. The highest BCUT2D eigenvalue weighted by molar-refractivity contribution is 6.42. The number of hydrogen-bond donors (Lipinski definition) is 3. The number of hydrogen-bond acceptors (Lipinski definition) is 3. The summed E-state index contributed by atoms with van der Waals surface area (Å²) in [6.45, 7) is 0. The van der Waals surface area contributed by atoms with Crippen molar-refractivity contribution in [1.29, 1.82) is 0 Å². The van der Waals surface area contributed by atoms with Crippen LogP contribution in [0.2, 0.25) is 0 Å². The third kappa shape index (κ3) is 0.995. The van der Waals surface area contributed by atoms with E-state index in [-0.39, 0.29) is 0 Å². The van der Waals surface area contributed by atoms with E-state index in [1.807, 2.05) is 0 Å². The Morgan fingerprint density at radius 3 is 1.83 bits per heavy atom. The van der Waals surface area contributed by atoms with Crippen LogP contribution in [0.4, 0.5) is 4.39 Å². The first-order valence-corrected chi connectivity index (χ1v) is 2.94. The molecular weight excluding hydrogens is 161 g/mol. The lowest BCUT2D eigenvalue weighted by molar-refractivity contribution is 0.378. The molecule has 0 unspecified atom stereocenters. The molecule has 0 spiro atoms. The van der Waals surface area contributed by atoms with Gasteiger partial charge in [0.25, 0.3) is 0 Å². The van der Waals surface area contributed by atoms with E-state index < -0.39 is 34.0 Å². The summed E-state index contributed by atoms with van der Waals surface area (Å²) in [6, 6.07) is 0. The van der Waals surface area contributed by atoms with Crippen molar-refractivity contribution < 1.29 is 19.7 Å². The Balaban J connectivity index is 3.60. The van der Waals surface area contributed by atoms with E-state index in [2.05, 4.69) is 0 Å². The number of phenolic OH excluding ortho intramolecular Hbond substituents is 3. The quantitative estimate of drug-likeness (QED) is 0.249. The summed E-state index contributed by atoms with van der Waals surface area (Å²) in [5.41, 5.74) is -1.24. The molecule has 0 saturated carbocycles. The summed E-state index contributed by atoms with van der Waals surface area (Å²) >= 11 is 0. The molecule has 0 aliphatic heterocycles. The van der Waals surface area contributed by atoms with Crippen molar-refractivity contribution in [2.24, 2.45) is 0 Å². The van der Waals surface area contributed by atoms with Crippen LogP contribution in [0.1, 0.15) is 0 Å². The Kier molecular flexibility index (Phi) is 1.92. The van der Waals surface area contributed by atoms with Crippen molar-refractivity contribution in [3.8, 4) is 17.2 Å². The van der Waals surface area contributed by atoms with Gasteiger partial charge >= 0.3 is 0 Å². The van der Waals surface area contributed by atoms with Crippen molar-refractivity contribution in [3.63, 3.8) is 0 Å². The van der Waals surface area contributed by atoms with Gasteiger partial charge in [0, 0.05) is 0 Å². The third-order valence-corrected chi connectivity index (χ3v) is 1.43. The van der Waals surface area contributed by atoms with Gasteiger partial charge in [-0.3, -0.25) is 0 Å². The maximum Gasteiger partial charge on any atom is 0.193 e. The second kappa shape index (κ2) is 2.62. The number of benzene rings is 1. The SMILES string of the molecule is [B]c1c(O)c([B])c(F)c(O)c1O. The summed E-state index contributed by atoms with van der Waals surface area (Å²) < 4.78 is 12.7. The average molecular weight is 164 g/mol. The fraction of sp³-hybridized carbons (Fsp3) is 0. The van der Waals surface area contributed by atoms with Crippen LogP contribution < -0.4 is 10.9 Å². The molecule has 12 heavy (non-hydrogen) atoms. The Morgan fingerprint density at radius 1 is 0.833 bits per heavy atom. The number of rotatable bonds is 0. The van der Waals surface area contributed by atoms with Crippen LogP contribution in [0.25, 0.3) is 0 Å². The molecule has 0 bridgehead atoms. The number of aromatic hydroxyl groups is 3. The minimum Gasteiger partial charge on any atom is -0.509 e. The molecule has 1 aromatic rings. The Morgan fingerprint density at radius 2 is 1.33 bits per heavy atom. The highest BCUT2D eigenvalue weighted by Gasteiger charge is 2.16. The maximum absolute atomic E-state index is 12.7. The summed E-state index contributed by atoms with van der Waals surface area (Å²) in [7, 11) is 10.0. The van der Waals surface area contributed by atoms with Crippen molar-refractivity contribution in [2.45, 2.75) is 0 Å². The molecule has 1 aromatic carbocycles. The zero-order chi connectivity index (χ0) is 9.46. The number of halogens is 1. The predicted octanol–water partition coefficient (Wildman–Crippen LogP) is -1.47. The molecule has 1 rings (SSSR count). The second-order valence-corrected chi connectivity index (χ2v) is 2.19. The second-order valence-electron chi connectivity index (χ2n) is 2.19. The fourth-order valence-electron chi connectivity index (χ4n) is 0.720. The summed E-state index contributed by atoms with van der Waals surface area (Å²) in [5.74, 6) is -4.05. The van der Waals surface area contributed by atoms with Gasteiger partial charge in [0.15, 0.2) is 17.3 Å². The lowest BCUT2D eigenvalue weighted by atomic mass is 9.84. The Hall–Kier alpha value is -1.32. The van der Waals surface area contributed by atoms with Crippen LogP contribution in [0.3, 0.4) is 0 Å². The Bertz CT molecular complexity index is 235. The number of phenols is 3. The van der Waals surface area contributed by atoms with Crippen LogP contribution in [-0.4, -0.2) is 31.0 Å². The molecule has 0 saturated heterocycles. The van der Waals surface area contributed by atoms with Gasteiger partial charge in [0.2, 0.25) is 0 Å². The van der Waals surface area contributed by atoms with Gasteiger partial charge in [0.05, 0.1) is 0 Å². The molecule has 0 atom stereocenters. The smallest absolute Gasteiger partial charge is 0.193 e. The lowest BCUT2D eigenvalue weighted by Gasteiger charge is -2.09. The topological polar surface area (TPSA) is 60.7 Å². The average Bonchev–Trinajstić information content (AvgIpc) is 2.08. The highest BCUT2D eigenvalue weighted by atomic mass is 19.1. The van der Waals surface area contributed by atoms with Crippen molar-refractivity contribution in [3.05, 3.63) is 5.82 Å². The van der Waals surface area contributed by atoms with Crippen LogP contribution >= 0.6 is 0 Å². The molecular formula is C6H3B2FO3. The van der Waals surface area contributed by atoms with Gasteiger partial charge < -0.3 is 15.3 Å². The van der Waals surface area contributed by atoms with E-state index in [1.165, 1.54) is 0 Å². The normalized spacial score (nSPS) is 10.1. The van der Waals surface area contributed by atoms with Crippen molar-refractivity contribution >= 4 is 26.6 Å². The molecule has 3 nitrogen and oxygen atoms in total. The predicted molar refractivity (Wildman–Crippen MR) is 42.2 cm³/mol. The van der Waals surface area contributed by atoms with Gasteiger partial charge in [0.1, 0.15) is 21.4 Å². The minimum atomic E-state index is -1.29. The van der Waals surface area contributed by atoms with Crippen LogP contribution in [0.15, 0.2) is 0 Å². The van der Waals surface area contributed by atoms with Gasteiger partial charge in [-0.2, -0.15) is 0 Å². The van der Waals surface area contributed by atoms with Crippen molar-refractivity contribution in [1.82, 2.24) is 0 Å². The first-order valence-electron chi connectivity index (χ1n) is 2.94. The van der Waals surface area contributed by atoms with Crippen LogP contribution in [0.5, 0.6) is 17.2 Å². The van der Waals surface area contributed by atoms with Gasteiger partial charge in [-0.1, -0.05) is 0 Å². The summed E-state index contributed by atoms with van der Waals surface area (Å²) in [4.78, 5) is 0. The molecule has 0 aliphatic rings. The first-order chi connectivity index (χ1) is 5.46. The van der Waals surface area contributed by atoms with E-state index in [1.54, 1.807) is 0 Å². The van der Waals surface area contributed by atoms with Gasteiger partial charge in [-0.05, 0) is 10.9 Å². The summed E-state index contributed by atoms with van der Waals surface area (Å²) in [5, 5.41) is 26.6. The largest absolute Gasteiger partial charge is 0.509 e. The van der Waals surface area contributed by atoms with Crippen LogP contribution in [0, 0.1) is 5.82 Å². The minimum absolute atomic E-state index is 0.550. The molecule has 0 aliphatic carbocycles. The third-order valence-electron chi connectivity index (χ3n) is 1.43. The van der Waals surface area contributed by atoms with Gasteiger partial charge in [-0.15, -0.1) is 0 Å². The Labute approximate surface area is 70.3 Å². The monoisotopic (exact) mass is 164 g/mol. The molecule has 0 aromatic heterocycles. The molecule has 0 heterocycles. The van der Waals surface area contributed by atoms with Crippen molar-refractivity contribution in [2.75, 3.05) is 0 Å². The first kappa shape index (κ1) is 8.77. The molecule has 3 N–H and O–H groups in total. The molecule has 0 amide bonds. The lowest BCUT2D eigenvalue weighted by Crippen LogP contribution is -2.19. The van der Waals surface area contributed by atoms with Crippen LogP contribution in [-0.2, 0) is 0 Å². The highest BCUT2D eigenvalue weighted by Crippen LogP contribution is 2.26.